The minimum atomic E-state index is -0.250. The first-order valence-electron chi connectivity index (χ1n) is 5.83. The summed E-state index contributed by atoms with van der Waals surface area (Å²) in [6, 6.07) is 0. The lowest BCUT2D eigenvalue weighted by Crippen LogP contribution is -2.39. The van der Waals surface area contributed by atoms with Crippen molar-refractivity contribution in [3.05, 3.63) is 12.4 Å². The van der Waals surface area contributed by atoms with Crippen molar-refractivity contribution in [2.24, 2.45) is 0 Å². The third-order valence-electron chi connectivity index (χ3n) is 2.51. The summed E-state index contributed by atoms with van der Waals surface area (Å²) >= 11 is 6.10. The fraction of sp³-hybridized carbons (Fsp3) is 0.667. The summed E-state index contributed by atoms with van der Waals surface area (Å²) in [5.74, 6) is 1.21. The van der Waals surface area contributed by atoms with Crippen LogP contribution in [0.15, 0.2) is 12.4 Å². The maximum atomic E-state index is 6.10. The Morgan fingerprint density at radius 2 is 2.18 bits per heavy atom. The number of nitrogens with zero attached hydrogens (tertiary/aromatic N) is 2. The molecule has 0 aromatic carbocycles. The molecule has 1 heterocycles. The van der Waals surface area contributed by atoms with E-state index in [9.17, 15) is 0 Å². The van der Waals surface area contributed by atoms with Gasteiger partial charge < -0.3 is 10.1 Å². The number of anilines is 1. The molecule has 17 heavy (non-hydrogen) atoms. The standard InChI is InChI=1S/C12H20ClN3O/c1-5-6-17-11-8-14-7-10(15-11)16-12(3,4)9(2)13/h7-9H,5-6H2,1-4H3,(H,15,16). The Bertz CT molecular complexity index is 355. The van der Waals surface area contributed by atoms with Crippen molar-refractivity contribution in [1.29, 1.82) is 0 Å². The Labute approximate surface area is 108 Å². The first-order valence-corrected chi connectivity index (χ1v) is 6.26. The summed E-state index contributed by atoms with van der Waals surface area (Å²) in [5, 5.41) is 3.23. The van der Waals surface area contributed by atoms with Crippen molar-refractivity contribution in [3.8, 4) is 5.88 Å². The molecule has 4 nitrogen and oxygen atoms in total. The Hall–Kier alpha value is -1.03. The Kier molecular flexibility index (Phi) is 5.00. The fourth-order valence-electron chi connectivity index (χ4n) is 1.11. The van der Waals surface area contributed by atoms with Gasteiger partial charge in [0.1, 0.15) is 5.82 Å². The normalized spacial score (nSPS) is 13.2. The summed E-state index contributed by atoms with van der Waals surface area (Å²) in [5.41, 5.74) is -0.250. The van der Waals surface area contributed by atoms with E-state index in [1.165, 1.54) is 0 Å². The van der Waals surface area contributed by atoms with Gasteiger partial charge in [-0.15, -0.1) is 11.6 Å². The molecule has 1 rings (SSSR count). The van der Waals surface area contributed by atoms with E-state index >= 15 is 0 Å². The van der Waals surface area contributed by atoms with Crippen molar-refractivity contribution in [2.45, 2.75) is 45.0 Å². The SMILES string of the molecule is CCCOc1cncc(NC(C)(C)C(C)Cl)n1. The molecule has 1 aromatic rings. The number of ether oxygens (including phenoxy) is 1. The zero-order valence-electron chi connectivity index (χ0n) is 10.8. The van der Waals surface area contributed by atoms with E-state index in [1.807, 2.05) is 27.7 Å². The monoisotopic (exact) mass is 257 g/mol. The minimum Gasteiger partial charge on any atom is -0.477 e. The zero-order valence-corrected chi connectivity index (χ0v) is 11.6. The van der Waals surface area contributed by atoms with Gasteiger partial charge in [0.05, 0.1) is 24.4 Å². The van der Waals surface area contributed by atoms with Gasteiger partial charge >= 0.3 is 0 Å². The van der Waals surface area contributed by atoms with Gasteiger partial charge in [-0.1, -0.05) is 6.92 Å². The van der Waals surface area contributed by atoms with Crippen LogP contribution in [-0.4, -0.2) is 27.5 Å². The second kappa shape index (κ2) is 6.05. The average molecular weight is 258 g/mol. The van der Waals surface area contributed by atoms with E-state index in [1.54, 1.807) is 12.4 Å². The number of rotatable bonds is 6. The topological polar surface area (TPSA) is 47.0 Å². The van der Waals surface area contributed by atoms with Crippen LogP contribution < -0.4 is 10.1 Å². The molecule has 0 aliphatic carbocycles. The second-order valence-corrected chi connectivity index (χ2v) is 5.21. The Morgan fingerprint density at radius 3 is 2.76 bits per heavy atom. The molecule has 1 N–H and O–H groups in total. The maximum absolute atomic E-state index is 6.10. The molecule has 0 aliphatic rings. The van der Waals surface area contributed by atoms with Crippen molar-refractivity contribution in [2.75, 3.05) is 11.9 Å². The third kappa shape index (κ3) is 4.38. The highest BCUT2D eigenvalue weighted by molar-refractivity contribution is 6.21. The van der Waals surface area contributed by atoms with Gasteiger partial charge in [-0.25, -0.2) is 0 Å². The number of alkyl halides is 1. The fourth-order valence-corrected chi connectivity index (χ4v) is 1.17. The molecule has 0 saturated heterocycles. The summed E-state index contributed by atoms with van der Waals surface area (Å²) in [4.78, 5) is 8.41. The van der Waals surface area contributed by atoms with Gasteiger partial charge in [-0.2, -0.15) is 4.98 Å². The van der Waals surface area contributed by atoms with Crippen molar-refractivity contribution < 1.29 is 4.74 Å². The predicted molar refractivity (Wildman–Crippen MR) is 70.8 cm³/mol. The zero-order chi connectivity index (χ0) is 12.9. The van der Waals surface area contributed by atoms with Gasteiger partial charge in [0, 0.05) is 5.54 Å². The minimum absolute atomic E-state index is 0.0236. The highest BCUT2D eigenvalue weighted by atomic mass is 35.5. The Balaban J connectivity index is 2.71. The largest absolute Gasteiger partial charge is 0.477 e. The van der Waals surface area contributed by atoms with Gasteiger partial charge in [-0.3, -0.25) is 4.98 Å². The first kappa shape index (κ1) is 14.0. The molecular weight excluding hydrogens is 238 g/mol. The van der Waals surface area contributed by atoms with Crippen LogP contribution in [0.25, 0.3) is 0 Å². The molecule has 1 atom stereocenters. The predicted octanol–water partition coefficient (Wildman–Crippen LogP) is 3.08. The van der Waals surface area contributed by atoms with E-state index in [2.05, 4.69) is 15.3 Å². The summed E-state index contributed by atoms with van der Waals surface area (Å²) in [7, 11) is 0. The van der Waals surface area contributed by atoms with Crippen LogP contribution in [0.1, 0.15) is 34.1 Å². The van der Waals surface area contributed by atoms with Crippen LogP contribution in [0, 0.1) is 0 Å². The van der Waals surface area contributed by atoms with Crippen LogP contribution in [-0.2, 0) is 0 Å². The molecule has 0 radical (unpaired) electrons. The molecule has 96 valence electrons. The van der Waals surface area contributed by atoms with E-state index < -0.39 is 0 Å². The molecule has 0 saturated carbocycles. The highest BCUT2D eigenvalue weighted by Gasteiger charge is 2.24. The van der Waals surface area contributed by atoms with Gasteiger partial charge in [0.2, 0.25) is 5.88 Å². The van der Waals surface area contributed by atoms with Gasteiger partial charge in [0.25, 0.3) is 0 Å². The first-order chi connectivity index (χ1) is 7.95. The number of halogens is 1. The van der Waals surface area contributed by atoms with E-state index in [0.717, 1.165) is 6.42 Å². The lowest BCUT2D eigenvalue weighted by Gasteiger charge is -2.29. The molecule has 1 aromatic heterocycles. The molecule has 0 amide bonds. The number of hydrogen-bond acceptors (Lipinski definition) is 4. The molecule has 1 unspecified atom stereocenters. The van der Waals surface area contributed by atoms with Crippen molar-refractivity contribution in [3.63, 3.8) is 0 Å². The van der Waals surface area contributed by atoms with Crippen LogP contribution >= 0.6 is 11.6 Å². The second-order valence-electron chi connectivity index (χ2n) is 4.55. The molecular formula is C12H20ClN3O. The quantitative estimate of drug-likeness (QED) is 0.796. The summed E-state index contributed by atoms with van der Waals surface area (Å²) < 4.78 is 5.42. The van der Waals surface area contributed by atoms with Crippen molar-refractivity contribution >= 4 is 17.4 Å². The summed E-state index contributed by atoms with van der Waals surface area (Å²) in [6.07, 6.45) is 4.22. The number of nitrogens with one attached hydrogen (secondary N) is 1. The van der Waals surface area contributed by atoms with Gasteiger partial charge in [-0.05, 0) is 27.2 Å². The van der Waals surface area contributed by atoms with Crippen LogP contribution in [0.2, 0.25) is 0 Å². The third-order valence-corrected chi connectivity index (χ3v) is 3.06. The Morgan fingerprint density at radius 1 is 1.47 bits per heavy atom. The lowest BCUT2D eigenvalue weighted by molar-refractivity contribution is 0.304. The average Bonchev–Trinajstić information content (AvgIpc) is 2.26. The van der Waals surface area contributed by atoms with Crippen molar-refractivity contribution in [1.82, 2.24) is 9.97 Å². The number of hydrogen-bond donors (Lipinski definition) is 1. The van der Waals surface area contributed by atoms with E-state index in [0.29, 0.717) is 18.3 Å². The molecule has 0 bridgehead atoms. The number of aromatic nitrogens is 2. The molecule has 0 fully saturated rings. The van der Waals surface area contributed by atoms with Crippen LogP contribution in [0.5, 0.6) is 5.88 Å². The molecule has 0 aliphatic heterocycles. The van der Waals surface area contributed by atoms with Crippen LogP contribution in [0.3, 0.4) is 0 Å². The molecule has 5 heteroatoms. The smallest absolute Gasteiger partial charge is 0.234 e. The lowest BCUT2D eigenvalue weighted by atomic mass is 10.0. The van der Waals surface area contributed by atoms with E-state index in [4.69, 9.17) is 16.3 Å². The summed E-state index contributed by atoms with van der Waals surface area (Å²) in [6.45, 7) is 8.68. The maximum Gasteiger partial charge on any atom is 0.234 e. The van der Waals surface area contributed by atoms with Crippen LogP contribution in [0.4, 0.5) is 5.82 Å². The molecule has 0 spiro atoms. The van der Waals surface area contributed by atoms with E-state index in [-0.39, 0.29) is 10.9 Å². The highest BCUT2D eigenvalue weighted by Crippen LogP contribution is 2.21. The van der Waals surface area contributed by atoms with Gasteiger partial charge in [0.15, 0.2) is 0 Å².